The molecule has 0 aliphatic heterocycles. The Morgan fingerprint density at radius 1 is 0.806 bits per heavy atom. The molecule has 0 saturated carbocycles. The van der Waals surface area contributed by atoms with E-state index in [1.165, 1.54) is 4.57 Å². The second-order valence-electron chi connectivity index (χ2n) is 8.22. The third-order valence-corrected chi connectivity index (χ3v) is 5.74. The number of pyridine rings is 1. The van der Waals surface area contributed by atoms with Crippen LogP contribution in [0.4, 0.5) is 11.8 Å². The van der Waals surface area contributed by atoms with E-state index >= 15 is 0 Å². The van der Waals surface area contributed by atoms with Gasteiger partial charge in [0.1, 0.15) is 17.3 Å². The summed E-state index contributed by atoms with van der Waals surface area (Å²) in [7, 11) is 3.17. The third-order valence-electron chi connectivity index (χ3n) is 5.74. The number of benzene rings is 2. The molecule has 186 valence electrons. The molecule has 0 spiro atoms. The van der Waals surface area contributed by atoms with Gasteiger partial charge in [0.2, 0.25) is 5.95 Å². The number of nitrogen functional groups attached to an aromatic ring is 1. The molecule has 2 aromatic heterocycles. The Kier molecular flexibility index (Phi) is 7.33. The molecule has 0 atom stereocenters. The average molecular weight is 489 g/mol. The summed E-state index contributed by atoms with van der Waals surface area (Å²) in [6.45, 7) is 2.37. The molecule has 2 heterocycles. The summed E-state index contributed by atoms with van der Waals surface area (Å²) < 4.78 is 13.0. The van der Waals surface area contributed by atoms with Crippen molar-refractivity contribution in [3.63, 3.8) is 0 Å². The average Bonchev–Trinajstić information content (AvgIpc) is 2.88. The van der Waals surface area contributed by atoms with Gasteiger partial charge in [-0.15, -0.1) is 0 Å². The van der Waals surface area contributed by atoms with Crippen LogP contribution in [0.15, 0.2) is 70.3 Å². The largest absolute Gasteiger partial charge is 0.497 e. The van der Waals surface area contributed by atoms with E-state index in [4.69, 9.17) is 15.2 Å². The Hall–Kier alpha value is -4.60. The molecule has 0 amide bonds. The maximum Gasteiger partial charge on any atom is 0.355 e. The van der Waals surface area contributed by atoms with Crippen LogP contribution in [0.1, 0.15) is 22.4 Å². The Balaban J connectivity index is 1.71. The molecule has 0 unspecified atom stereocenters. The molecule has 0 bridgehead atoms. The first-order chi connectivity index (χ1) is 17.4. The minimum atomic E-state index is -0.653. The lowest BCUT2D eigenvalue weighted by atomic mass is 10.2. The summed E-state index contributed by atoms with van der Waals surface area (Å²) in [4.78, 5) is 34.9. The molecule has 36 heavy (non-hydrogen) atoms. The van der Waals surface area contributed by atoms with E-state index < -0.39 is 11.4 Å². The zero-order valence-corrected chi connectivity index (χ0v) is 20.4. The van der Waals surface area contributed by atoms with Gasteiger partial charge in [-0.2, -0.15) is 4.98 Å². The topological polar surface area (TPSA) is 126 Å². The van der Waals surface area contributed by atoms with E-state index in [9.17, 15) is 9.59 Å². The van der Waals surface area contributed by atoms with Crippen molar-refractivity contribution >= 4 is 11.8 Å². The fourth-order valence-electron chi connectivity index (χ4n) is 3.70. The van der Waals surface area contributed by atoms with Gasteiger partial charge in [0, 0.05) is 17.8 Å². The van der Waals surface area contributed by atoms with Gasteiger partial charge in [0.05, 0.1) is 27.3 Å². The number of rotatable bonds is 9. The van der Waals surface area contributed by atoms with Crippen molar-refractivity contribution in [3.8, 4) is 11.5 Å². The van der Waals surface area contributed by atoms with E-state index in [1.807, 2.05) is 43.3 Å². The van der Waals surface area contributed by atoms with Gasteiger partial charge < -0.3 is 20.5 Å². The van der Waals surface area contributed by atoms with Gasteiger partial charge >= 0.3 is 11.4 Å². The standard InChI is InChI=1S/C26H28N6O4/c1-17-4-9-20(23(27)29-17)14-28-24-30-25(33)32(16-19-7-12-22(36-3)13-8-19)26(34)31(24)15-18-5-10-21(35-2)11-6-18/h4-13H,14-16H2,1-3H3,(H2,27,29)(H,28,30,33). The van der Waals surface area contributed by atoms with Crippen LogP contribution in [-0.2, 0) is 19.6 Å². The van der Waals surface area contributed by atoms with Crippen LogP contribution in [0.5, 0.6) is 11.5 Å². The second kappa shape index (κ2) is 10.8. The molecule has 4 rings (SSSR count). The van der Waals surface area contributed by atoms with Crippen molar-refractivity contribution in [1.82, 2.24) is 19.1 Å². The number of aromatic nitrogens is 4. The summed E-state index contributed by atoms with van der Waals surface area (Å²) in [5.74, 6) is 1.91. The smallest absolute Gasteiger partial charge is 0.355 e. The highest BCUT2D eigenvalue weighted by Gasteiger charge is 2.15. The van der Waals surface area contributed by atoms with E-state index in [0.29, 0.717) is 17.3 Å². The van der Waals surface area contributed by atoms with Crippen LogP contribution < -0.4 is 31.9 Å². The maximum absolute atomic E-state index is 13.5. The lowest BCUT2D eigenvalue weighted by molar-refractivity contribution is 0.414. The molecule has 2 aromatic carbocycles. The zero-order valence-electron chi connectivity index (χ0n) is 20.4. The molecule has 10 nitrogen and oxygen atoms in total. The van der Waals surface area contributed by atoms with E-state index in [2.05, 4.69) is 15.3 Å². The number of nitrogens with zero attached hydrogens (tertiary/aromatic N) is 4. The fraction of sp³-hybridized carbons (Fsp3) is 0.231. The number of nitrogens with one attached hydrogen (secondary N) is 1. The van der Waals surface area contributed by atoms with Gasteiger partial charge in [-0.3, -0.25) is 4.57 Å². The number of methoxy groups -OCH3 is 2. The first-order valence-corrected chi connectivity index (χ1v) is 11.3. The lowest BCUT2D eigenvalue weighted by Gasteiger charge is -2.16. The van der Waals surface area contributed by atoms with E-state index in [-0.39, 0.29) is 25.6 Å². The quantitative estimate of drug-likeness (QED) is 0.368. The maximum atomic E-state index is 13.5. The number of anilines is 2. The van der Waals surface area contributed by atoms with Gasteiger partial charge in [0.25, 0.3) is 0 Å². The Morgan fingerprint density at radius 2 is 1.36 bits per heavy atom. The molecular formula is C26H28N6O4. The molecule has 10 heteroatoms. The Morgan fingerprint density at radius 3 is 1.89 bits per heavy atom. The van der Waals surface area contributed by atoms with Crippen LogP contribution in [0.25, 0.3) is 0 Å². The Labute approximate surface area is 208 Å². The monoisotopic (exact) mass is 488 g/mol. The third kappa shape index (κ3) is 5.54. The van der Waals surface area contributed by atoms with Crippen molar-refractivity contribution < 1.29 is 9.47 Å². The number of ether oxygens (including phenoxy) is 2. The second-order valence-corrected chi connectivity index (χ2v) is 8.22. The molecule has 3 N–H and O–H groups in total. The minimum absolute atomic E-state index is 0.0758. The van der Waals surface area contributed by atoms with Crippen LogP contribution in [0.3, 0.4) is 0 Å². The summed E-state index contributed by atoms with van der Waals surface area (Å²) in [5, 5.41) is 3.10. The highest BCUT2D eigenvalue weighted by Crippen LogP contribution is 2.15. The van der Waals surface area contributed by atoms with Crippen molar-refractivity contribution in [3.05, 3.63) is 104 Å². The minimum Gasteiger partial charge on any atom is -0.497 e. The van der Waals surface area contributed by atoms with Gasteiger partial charge in [-0.05, 0) is 48.4 Å². The SMILES string of the molecule is COc1ccc(Cn2c(NCc3ccc(C)nc3N)nc(=O)n(Cc3ccc(OC)cc3)c2=O)cc1. The zero-order chi connectivity index (χ0) is 25.7. The highest BCUT2D eigenvalue weighted by molar-refractivity contribution is 5.42. The first-order valence-electron chi connectivity index (χ1n) is 11.3. The van der Waals surface area contributed by atoms with Gasteiger partial charge in [0.15, 0.2) is 0 Å². The summed E-state index contributed by atoms with van der Waals surface area (Å²) in [6.07, 6.45) is 0. The van der Waals surface area contributed by atoms with Gasteiger partial charge in [-0.1, -0.05) is 30.3 Å². The molecule has 0 aliphatic rings. The van der Waals surface area contributed by atoms with E-state index in [1.54, 1.807) is 38.5 Å². The van der Waals surface area contributed by atoms with Crippen molar-refractivity contribution in [2.45, 2.75) is 26.6 Å². The molecule has 0 radical (unpaired) electrons. The summed E-state index contributed by atoms with van der Waals surface area (Å²) >= 11 is 0. The molecule has 4 aromatic rings. The van der Waals surface area contributed by atoms with E-state index in [0.717, 1.165) is 27.0 Å². The van der Waals surface area contributed by atoms with Crippen molar-refractivity contribution in [2.75, 3.05) is 25.3 Å². The number of aryl methyl sites for hydroxylation is 1. The normalized spacial score (nSPS) is 10.8. The fourth-order valence-corrected chi connectivity index (χ4v) is 3.70. The first kappa shape index (κ1) is 24.5. The van der Waals surface area contributed by atoms with Crippen LogP contribution in [0, 0.1) is 6.92 Å². The van der Waals surface area contributed by atoms with Crippen LogP contribution >= 0.6 is 0 Å². The van der Waals surface area contributed by atoms with Crippen LogP contribution in [-0.4, -0.2) is 33.3 Å². The van der Waals surface area contributed by atoms with Crippen LogP contribution in [0.2, 0.25) is 0 Å². The predicted molar refractivity (Wildman–Crippen MR) is 138 cm³/mol. The summed E-state index contributed by atoms with van der Waals surface area (Å²) in [6, 6.07) is 18.2. The Bertz CT molecular complexity index is 1460. The number of hydrogen-bond acceptors (Lipinski definition) is 8. The molecular weight excluding hydrogens is 460 g/mol. The highest BCUT2D eigenvalue weighted by atomic mass is 16.5. The lowest BCUT2D eigenvalue weighted by Crippen LogP contribution is -2.43. The van der Waals surface area contributed by atoms with Crippen molar-refractivity contribution in [2.24, 2.45) is 0 Å². The molecule has 0 saturated heterocycles. The molecule has 0 aliphatic carbocycles. The number of nitrogens with two attached hydrogens (primary N) is 1. The van der Waals surface area contributed by atoms with Gasteiger partial charge in [-0.25, -0.2) is 19.1 Å². The number of hydrogen-bond donors (Lipinski definition) is 2. The van der Waals surface area contributed by atoms with Crippen molar-refractivity contribution in [1.29, 1.82) is 0 Å². The predicted octanol–water partition coefficient (Wildman–Crippen LogP) is 2.42. The summed E-state index contributed by atoms with van der Waals surface area (Å²) in [5.41, 5.74) is 8.04. The molecule has 0 fully saturated rings.